The summed E-state index contributed by atoms with van der Waals surface area (Å²) in [6, 6.07) is 9.70. The van der Waals surface area contributed by atoms with E-state index in [1.165, 1.54) is 0 Å². The Balaban J connectivity index is 1.62. The van der Waals surface area contributed by atoms with Crippen LogP contribution < -0.4 is 20.7 Å². The van der Waals surface area contributed by atoms with Crippen molar-refractivity contribution < 1.29 is 9.53 Å². The molecule has 3 aromatic rings. The number of rotatable bonds is 6. The summed E-state index contributed by atoms with van der Waals surface area (Å²) in [5.74, 6) is 1.28. The molecule has 0 radical (unpaired) electrons. The number of aryl methyl sites for hydroxylation is 1. The molecule has 7 heteroatoms. The molecule has 7 nitrogen and oxygen atoms in total. The van der Waals surface area contributed by atoms with Gasteiger partial charge >= 0.3 is 0 Å². The van der Waals surface area contributed by atoms with Gasteiger partial charge in [0.25, 0.3) is 5.91 Å². The number of nitrogens with zero attached hydrogens (tertiary/aromatic N) is 2. The van der Waals surface area contributed by atoms with Gasteiger partial charge in [0.15, 0.2) is 0 Å². The summed E-state index contributed by atoms with van der Waals surface area (Å²) in [7, 11) is 1.82. The van der Waals surface area contributed by atoms with E-state index in [-0.39, 0.29) is 5.91 Å². The van der Waals surface area contributed by atoms with Crippen molar-refractivity contribution in [2.24, 2.45) is 0 Å². The minimum atomic E-state index is -0.0434. The average molecular weight is 389 g/mol. The first-order chi connectivity index (χ1) is 14.1. The second kappa shape index (κ2) is 7.79. The molecular formula is C22H23N5O2. The van der Waals surface area contributed by atoms with E-state index in [9.17, 15) is 4.79 Å². The lowest BCUT2D eigenvalue weighted by molar-refractivity contribution is 0.0966. The quantitative estimate of drug-likeness (QED) is 0.593. The third-order valence-electron chi connectivity index (χ3n) is 4.94. The van der Waals surface area contributed by atoms with Gasteiger partial charge in [0.1, 0.15) is 5.82 Å². The maximum atomic E-state index is 12.2. The molecule has 0 atom stereocenters. The van der Waals surface area contributed by atoms with E-state index < -0.39 is 0 Å². The third-order valence-corrected chi connectivity index (χ3v) is 4.94. The van der Waals surface area contributed by atoms with Gasteiger partial charge in [0.2, 0.25) is 5.88 Å². The van der Waals surface area contributed by atoms with E-state index in [2.05, 4.69) is 25.9 Å². The maximum absolute atomic E-state index is 12.2. The first-order valence-electron chi connectivity index (χ1n) is 9.55. The highest BCUT2D eigenvalue weighted by atomic mass is 16.5. The largest absolute Gasteiger partial charge is 0.478 e. The van der Waals surface area contributed by atoms with Gasteiger partial charge in [-0.15, -0.1) is 0 Å². The molecule has 3 N–H and O–H groups in total. The van der Waals surface area contributed by atoms with Crippen molar-refractivity contribution in [3.63, 3.8) is 0 Å². The Hall–Kier alpha value is -3.61. The van der Waals surface area contributed by atoms with E-state index in [1.807, 2.05) is 57.4 Å². The SMILES string of the molecule is CCOc1ccc(Nc2cc(C)c(-c3ccc(NC)c4c3CNC4=O)cn2)cn1. The van der Waals surface area contributed by atoms with Gasteiger partial charge in [-0.25, -0.2) is 9.97 Å². The van der Waals surface area contributed by atoms with E-state index in [1.54, 1.807) is 6.20 Å². The Morgan fingerprint density at radius 3 is 2.69 bits per heavy atom. The molecule has 0 saturated heterocycles. The lowest BCUT2D eigenvalue weighted by Gasteiger charge is -2.14. The number of pyridine rings is 2. The number of hydrogen-bond acceptors (Lipinski definition) is 6. The fourth-order valence-electron chi connectivity index (χ4n) is 3.55. The van der Waals surface area contributed by atoms with Gasteiger partial charge < -0.3 is 20.7 Å². The summed E-state index contributed by atoms with van der Waals surface area (Å²) in [6.45, 7) is 5.08. The fraction of sp³-hybridized carbons (Fsp3) is 0.227. The van der Waals surface area contributed by atoms with E-state index >= 15 is 0 Å². The lowest BCUT2D eigenvalue weighted by atomic mass is 9.94. The van der Waals surface area contributed by atoms with Crippen LogP contribution in [-0.2, 0) is 6.54 Å². The van der Waals surface area contributed by atoms with Crippen molar-refractivity contribution in [3.05, 3.63) is 59.4 Å². The zero-order valence-corrected chi connectivity index (χ0v) is 16.7. The van der Waals surface area contributed by atoms with Gasteiger partial charge in [-0.2, -0.15) is 0 Å². The summed E-state index contributed by atoms with van der Waals surface area (Å²) >= 11 is 0. The Morgan fingerprint density at radius 1 is 1.14 bits per heavy atom. The topological polar surface area (TPSA) is 88.2 Å². The molecule has 0 fully saturated rings. The van der Waals surface area contributed by atoms with E-state index in [0.29, 0.717) is 24.6 Å². The second-order valence-electron chi connectivity index (χ2n) is 6.77. The minimum Gasteiger partial charge on any atom is -0.478 e. The molecule has 1 amide bonds. The van der Waals surface area contributed by atoms with Gasteiger partial charge in [-0.05, 0) is 48.7 Å². The Labute approximate surface area is 169 Å². The summed E-state index contributed by atoms with van der Waals surface area (Å²) in [5.41, 5.74) is 6.50. The van der Waals surface area contributed by atoms with Crippen molar-refractivity contribution in [1.29, 1.82) is 0 Å². The number of nitrogens with one attached hydrogen (secondary N) is 3. The molecule has 4 rings (SSSR count). The van der Waals surface area contributed by atoms with Crippen LogP contribution in [0.1, 0.15) is 28.4 Å². The number of anilines is 3. The van der Waals surface area contributed by atoms with Gasteiger partial charge in [-0.1, -0.05) is 6.07 Å². The number of aromatic nitrogens is 2. The molecule has 1 aromatic carbocycles. The number of hydrogen-bond donors (Lipinski definition) is 3. The van der Waals surface area contributed by atoms with E-state index in [4.69, 9.17) is 4.74 Å². The zero-order valence-electron chi connectivity index (χ0n) is 16.7. The average Bonchev–Trinajstić information content (AvgIpc) is 3.12. The smallest absolute Gasteiger partial charge is 0.254 e. The first kappa shape index (κ1) is 18.7. The molecule has 0 spiro atoms. The summed E-state index contributed by atoms with van der Waals surface area (Å²) in [6.07, 6.45) is 3.56. The Bertz CT molecular complexity index is 1060. The van der Waals surface area contributed by atoms with Gasteiger partial charge in [-0.3, -0.25) is 4.79 Å². The van der Waals surface area contributed by atoms with Crippen LogP contribution in [0.15, 0.2) is 42.7 Å². The van der Waals surface area contributed by atoms with Crippen LogP contribution in [0, 0.1) is 6.92 Å². The molecule has 0 bridgehead atoms. The molecule has 0 aliphatic carbocycles. The molecule has 1 aliphatic rings. The monoisotopic (exact) mass is 389 g/mol. The molecular weight excluding hydrogens is 366 g/mol. The number of fused-ring (bicyclic) bond motifs is 1. The number of benzene rings is 1. The van der Waals surface area contributed by atoms with Crippen LogP contribution in [-0.4, -0.2) is 29.5 Å². The van der Waals surface area contributed by atoms with Crippen LogP contribution in [0.25, 0.3) is 11.1 Å². The van der Waals surface area contributed by atoms with Crippen LogP contribution in [0.3, 0.4) is 0 Å². The predicted molar refractivity (Wildman–Crippen MR) is 114 cm³/mol. The van der Waals surface area contributed by atoms with Crippen molar-refractivity contribution in [1.82, 2.24) is 15.3 Å². The van der Waals surface area contributed by atoms with Crippen LogP contribution in [0.2, 0.25) is 0 Å². The number of ether oxygens (including phenoxy) is 1. The first-order valence-corrected chi connectivity index (χ1v) is 9.55. The number of carbonyl (C=O) groups excluding carboxylic acids is 1. The maximum Gasteiger partial charge on any atom is 0.254 e. The van der Waals surface area contributed by atoms with Crippen LogP contribution >= 0.6 is 0 Å². The van der Waals surface area contributed by atoms with Crippen LogP contribution in [0.5, 0.6) is 5.88 Å². The molecule has 3 heterocycles. The fourth-order valence-corrected chi connectivity index (χ4v) is 3.55. The van der Waals surface area contributed by atoms with E-state index in [0.717, 1.165) is 39.4 Å². The van der Waals surface area contributed by atoms with Crippen molar-refractivity contribution >= 4 is 23.1 Å². The van der Waals surface area contributed by atoms with Crippen LogP contribution in [0.4, 0.5) is 17.2 Å². The highest BCUT2D eigenvalue weighted by Crippen LogP contribution is 2.35. The zero-order chi connectivity index (χ0) is 20.4. The predicted octanol–water partition coefficient (Wildman–Crippen LogP) is 3.88. The summed E-state index contributed by atoms with van der Waals surface area (Å²) in [4.78, 5) is 21.1. The molecule has 29 heavy (non-hydrogen) atoms. The molecule has 0 saturated carbocycles. The lowest BCUT2D eigenvalue weighted by Crippen LogP contribution is -2.13. The number of amides is 1. The van der Waals surface area contributed by atoms with Crippen molar-refractivity contribution in [3.8, 4) is 17.0 Å². The molecule has 1 aliphatic heterocycles. The van der Waals surface area contributed by atoms with Gasteiger partial charge in [0, 0.05) is 37.1 Å². The highest BCUT2D eigenvalue weighted by molar-refractivity contribution is 6.05. The second-order valence-corrected chi connectivity index (χ2v) is 6.77. The third kappa shape index (κ3) is 3.59. The minimum absolute atomic E-state index is 0.0434. The summed E-state index contributed by atoms with van der Waals surface area (Å²) < 4.78 is 5.37. The molecule has 148 valence electrons. The highest BCUT2D eigenvalue weighted by Gasteiger charge is 2.26. The summed E-state index contributed by atoms with van der Waals surface area (Å²) in [5, 5.41) is 9.28. The molecule has 0 unspecified atom stereocenters. The Morgan fingerprint density at radius 2 is 2.00 bits per heavy atom. The molecule has 2 aromatic heterocycles. The van der Waals surface area contributed by atoms with Crippen molar-refractivity contribution in [2.45, 2.75) is 20.4 Å². The van der Waals surface area contributed by atoms with Gasteiger partial charge in [0.05, 0.1) is 24.1 Å². The standard InChI is InChI=1S/C22H23N5O2/c1-4-29-20-8-5-14(10-25-20)27-19-9-13(2)16(11-24-19)15-6-7-18(23-3)21-17(15)12-26-22(21)28/h5-11,23H,4,12H2,1-3H3,(H,24,27)(H,26,28). The number of carbonyl (C=O) groups is 1. The van der Waals surface area contributed by atoms with Crippen molar-refractivity contribution in [2.75, 3.05) is 24.3 Å². The normalized spacial score (nSPS) is 12.3. The Kier molecular flexibility index (Phi) is 5.03.